The SMILES string of the molecule is CNCC1CCN(S(=O)(=O)c2cc3c(cc2OC)NC(=O)CO3)C1. The predicted molar refractivity (Wildman–Crippen MR) is 87.9 cm³/mol. The van der Waals surface area contributed by atoms with Crippen LogP contribution in [0.5, 0.6) is 11.5 Å². The van der Waals surface area contributed by atoms with Crippen LogP contribution in [0.2, 0.25) is 0 Å². The number of carbonyl (C=O) groups excluding carboxylic acids is 1. The highest BCUT2D eigenvalue weighted by molar-refractivity contribution is 7.89. The van der Waals surface area contributed by atoms with Crippen molar-refractivity contribution in [1.29, 1.82) is 0 Å². The number of anilines is 1. The maximum Gasteiger partial charge on any atom is 0.262 e. The molecule has 0 spiro atoms. The van der Waals surface area contributed by atoms with Crippen molar-refractivity contribution in [2.45, 2.75) is 11.3 Å². The first-order valence-corrected chi connectivity index (χ1v) is 9.19. The third-order valence-corrected chi connectivity index (χ3v) is 6.14. The number of hydrogen-bond acceptors (Lipinski definition) is 6. The summed E-state index contributed by atoms with van der Waals surface area (Å²) in [5, 5.41) is 5.73. The second kappa shape index (κ2) is 6.58. The zero-order chi connectivity index (χ0) is 17.3. The first kappa shape index (κ1) is 17.0. The average molecular weight is 355 g/mol. The van der Waals surface area contributed by atoms with Crippen LogP contribution in [0.15, 0.2) is 17.0 Å². The van der Waals surface area contributed by atoms with Crippen LogP contribution < -0.4 is 20.1 Å². The van der Waals surface area contributed by atoms with E-state index in [-0.39, 0.29) is 23.2 Å². The Balaban J connectivity index is 1.94. The molecule has 3 rings (SSSR count). The second-order valence-corrected chi connectivity index (χ2v) is 7.82. The molecule has 0 aromatic heterocycles. The van der Waals surface area contributed by atoms with Crippen molar-refractivity contribution in [3.63, 3.8) is 0 Å². The van der Waals surface area contributed by atoms with Crippen LogP contribution in [-0.2, 0) is 14.8 Å². The summed E-state index contributed by atoms with van der Waals surface area (Å²) in [6.07, 6.45) is 0.819. The number of rotatable bonds is 5. The molecule has 9 heteroatoms. The standard InChI is InChI=1S/C15H21N3O5S/c1-16-7-10-3-4-18(8-10)24(20,21)14-6-12-11(5-13(14)22-2)17-15(19)9-23-12/h5-6,10,16H,3-4,7-9H2,1-2H3,(H,17,19). The first-order valence-electron chi connectivity index (χ1n) is 7.75. The molecule has 1 fully saturated rings. The maximum absolute atomic E-state index is 13.0. The predicted octanol–water partition coefficient (Wildman–Crippen LogP) is 0.256. The molecule has 1 amide bonds. The Kier molecular flexibility index (Phi) is 4.66. The third-order valence-electron chi connectivity index (χ3n) is 4.26. The van der Waals surface area contributed by atoms with Gasteiger partial charge in [0, 0.05) is 25.2 Å². The number of nitrogens with one attached hydrogen (secondary N) is 2. The van der Waals surface area contributed by atoms with Crippen LogP contribution >= 0.6 is 0 Å². The number of fused-ring (bicyclic) bond motifs is 1. The van der Waals surface area contributed by atoms with E-state index in [1.165, 1.54) is 23.5 Å². The summed E-state index contributed by atoms with van der Waals surface area (Å²) in [6.45, 7) is 1.60. The highest BCUT2D eigenvalue weighted by Crippen LogP contribution is 2.39. The third kappa shape index (κ3) is 3.06. The van der Waals surface area contributed by atoms with E-state index < -0.39 is 10.0 Å². The molecule has 8 nitrogen and oxygen atoms in total. The maximum atomic E-state index is 13.0. The van der Waals surface area contributed by atoms with Gasteiger partial charge in [0.1, 0.15) is 16.4 Å². The Morgan fingerprint density at radius 3 is 2.96 bits per heavy atom. The molecule has 1 aromatic rings. The minimum absolute atomic E-state index is 0.0602. The average Bonchev–Trinajstić information content (AvgIpc) is 3.03. The number of benzene rings is 1. The molecule has 0 bridgehead atoms. The topological polar surface area (TPSA) is 97.0 Å². The van der Waals surface area contributed by atoms with Crippen molar-refractivity contribution in [2.75, 3.05) is 45.7 Å². The van der Waals surface area contributed by atoms with Crippen LogP contribution in [0.3, 0.4) is 0 Å². The highest BCUT2D eigenvalue weighted by atomic mass is 32.2. The lowest BCUT2D eigenvalue weighted by Crippen LogP contribution is -2.31. The van der Waals surface area contributed by atoms with Gasteiger partial charge in [0.15, 0.2) is 6.61 Å². The van der Waals surface area contributed by atoms with E-state index >= 15 is 0 Å². The van der Waals surface area contributed by atoms with Crippen LogP contribution in [0.4, 0.5) is 5.69 Å². The Labute approximate surface area is 141 Å². The zero-order valence-electron chi connectivity index (χ0n) is 13.7. The number of ether oxygens (including phenoxy) is 2. The van der Waals surface area contributed by atoms with Crippen molar-refractivity contribution < 1.29 is 22.7 Å². The molecule has 0 radical (unpaired) electrons. The summed E-state index contributed by atoms with van der Waals surface area (Å²) in [7, 11) is -0.433. The molecule has 1 aromatic carbocycles. The van der Waals surface area contributed by atoms with Gasteiger partial charge in [-0.2, -0.15) is 4.31 Å². The van der Waals surface area contributed by atoms with E-state index in [2.05, 4.69) is 10.6 Å². The zero-order valence-corrected chi connectivity index (χ0v) is 14.5. The lowest BCUT2D eigenvalue weighted by molar-refractivity contribution is -0.118. The van der Waals surface area contributed by atoms with Gasteiger partial charge in [-0.15, -0.1) is 0 Å². The molecular weight excluding hydrogens is 334 g/mol. The smallest absolute Gasteiger partial charge is 0.262 e. The molecule has 0 aliphatic carbocycles. The molecule has 24 heavy (non-hydrogen) atoms. The fourth-order valence-corrected chi connectivity index (χ4v) is 4.74. The van der Waals surface area contributed by atoms with E-state index in [4.69, 9.17) is 9.47 Å². The van der Waals surface area contributed by atoms with Gasteiger partial charge in [0.25, 0.3) is 5.91 Å². The summed E-state index contributed by atoms with van der Waals surface area (Å²) in [5.41, 5.74) is 0.413. The molecule has 0 saturated carbocycles. The Morgan fingerprint density at radius 1 is 1.46 bits per heavy atom. The number of sulfonamides is 1. The van der Waals surface area contributed by atoms with Gasteiger partial charge in [-0.3, -0.25) is 4.79 Å². The van der Waals surface area contributed by atoms with Crippen LogP contribution in [0.1, 0.15) is 6.42 Å². The summed E-state index contributed by atoms with van der Waals surface area (Å²) in [4.78, 5) is 11.5. The number of hydrogen-bond donors (Lipinski definition) is 2. The van der Waals surface area contributed by atoms with E-state index in [0.717, 1.165) is 13.0 Å². The number of nitrogens with zero attached hydrogens (tertiary/aromatic N) is 1. The Bertz CT molecular complexity index is 750. The summed E-state index contributed by atoms with van der Waals surface area (Å²) in [5.74, 6) is 0.537. The van der Waals surface area contributed by atoms with Gasteiger partial charge in [0.05, 0.1) is 12.8 Å². The van der Waals surface area contributed by atoms with Gasteiger partial charge in [-0.05, 0) is 25.9 Å². The quantitative estimate of drug-likeness (QED) is 0.786. The van der Waals surface area contributed by atoms with Crippen molar-refractivity contribution >= 4 is 21.6 Å². The summed E-state index contributed by atoms with van der Waals surface area (Å²) < 4.78 is 38.0. The fraction of sp³-hybridized carbons (Fsp3) is 0.533. The van der Waals surface area contributed by atoms with Crippen molar-refractivity contribution in [3.8, 4) is 11.5 Å². The van der Waals surface area contributed by atoms with E-state index in [1.54, 1.807) is 0 Å². The Hall–Kier alpha value is -1.84. The van der Waals surface area contributed by atoms with Gasteiger partial charge in [-0.1, -0.05) is 0 Å². The highest BCUT2D eigenvalue weighted by Gasteiger charge is 2.35. The van der Waals surface area contributed by atoms with E-state index in [0.29, 0.717) is 30.4 Å². The van der Waals surface area contributed by atoms with Gasteiger partial charge < -0.3 is 20.1 Å². The van der Waals surface area contributed by atoms with Crippen LogP contribution in [-0.4, -0.2) is 59.0 Å². The number of methoxy groups -OCH3 is 1. The minimum Gasteiger partial charge on any atom is -0.495 e. The first-order chi connectivity index (χ1) is 11.5. The number of amides is 1. The van der Waals surface area contributed by atoms with Crippen LogP contribution in [0.25, 0.3) is 0 Å². The van der Waals surface area contributed by atoms with Gasteiger partial charge in [0.2, 0.25) is 10.0 Å². The van der Waals surface area contributed by atoms with E-state index in [1.807, 2.05) is 7.05 Å². The number of carbonyl (C=O) groups is 1. The van der Waals surface area contributed by atoms with Crippen LogP contribution in [0, 0.1) is 5.92 Å². The largest absolute Gasteiger partial charge is 0.495 e. The lowest BCUT2D eigenvalue weighted by atomic mass is 10.1. The molecule has 132 valence electrons. The van der Waals surface area contributed by atoms with Gasteiger partial charge >= 0.3 is 0 Å². The van der Waals surface area contributed by atoms with Crippen molar-refractivity contribution in [2.24, 2.45) is 5.92 Å². The molecule has 1 saturated heterocycles. The monoisotopic (exact) mass is 355 g/mol. The second-order valence-electron chi connectivity index (χ2n) is 5.91. The molecular formula is C15H21N3O5S. The molecule has 1 atom stereocenters. The van der Waals surface area contributed by atoms with Gasteiger partial charge in [-0.25, -0.2) is 8.42 Å². The molecule has 2 aliphatic rings. The van der Waals surface area contributed by atoms with Crippen molar-refractivity contribution in [3.05, 3.63) is 12.1 Å². The lowest BCUT2D eigenvalue weighted by Gasteiger charge is -2.23. The Morgan fingerprint density at radius 2 is 2.25 bits per heavy atom. The molecule has 2 aliphatic heterocycles. The van der Waals surface area contributed by atoms with E-state index in [9.17, 15) is 13.2 Å². The molecule has 2 heterocycles. The normalized spacial score (nSPS) is 21.1. The summed E-state index contributed by atoms with van der Waals surface area (Å²) >= 11 is 0. The molecule has 2 N–H and O–H groups in total. The molecule has 1 unspecified atom stereocenters. The minimum atomic E-state index is -3.69. The summed E-state index contributed by atoms with van der Waals surface area (Å²) in [6, 6.07) is 2.91. The van der Waals surface area contributed by atoms with Crippen molar-refractivity contribution in [1.82, 2.24) is 9.62 Å². The fourth-order valence-electron chi connectivity index (χ4n) is 3.06.